The number of aromatic nitrogens is 1. The van der Waals surface area contributed by atoms with Crippen molar-refractivity contribution in [3.05, 3.63) is 16.6 Å². The van der Waals surface area contributed by atoms with E-state index < -0.39 is 0 Å². The van der Waals surface area contributed by atoms with Gasteiger partial charge in [-0.05, 0) is 7.05 Å². The third kappa shape index (κ3) is 6.21. The Bertz CT molecular complexity index is 309. The molecule has 0 saturated heterocycles. The Kier molecular flexibility index (Phi) is 10.8. The van der Waals surface area contributed by atoms with Gasteiger partial charge in [-0.25, -0.2) is 4.98 Å². The smallest absolute Gasteiger partial charge is 0.226 e. The van der Waals surface area contributed by atoms with E-state index in [0.29, 0.717) is 13.1 Å². The van der Waals surface area contributed by atoms with Crippen molar-refractivity contribution in [3.8, 4) is 0 Å². The first-order valence-corrected chi connectivity index (χ1v) is 5.86. The first kappa shape index (κ1) is 19.0. The average Bonchev–Trinajstić information content (AvgIpc) is 2.69. The summed E-state index contributed by atoms with van der Waals surface area (Å²) in [5.74, 6) is 0.163. The van der Waals surface area contributed by atoms with Crippen LogP contribution in [-0.2, 0) is 11.3 Å². The quantitative estimate of drug-likeness (QED) is 0.902. The molecule has 4 nitrogen and oxygen atoms in total. The molecular weight excluding hydrogens is 281 g/mol. The maximum absolute atomic E-state index is 11.8. The maximum atomic E-state index is 11.8. The Morgan fingerprint density at radius 2 is 2.24 bits per heavy atom. The van der Waals surface area contributed by atoms with E-state index in [1.807, 2.05) is 26.4 Å². The zero-order chi connectivity index (χ0) is 11.3. The van der Waals surface area contributed by atoms with Gasteiger partial charge in [0, 0.05) is 24.9 Å². The summed E-state index contributed by atoms with van der Waals surface area (Å²) >= 11 is 1.55. The summed E-state index contributed by atoms with van der Waals surface area (Å²) in [6.07, 6.45) is 0. The Morgan fingerprint density at radius 3 is 2.71 bits per heavy atom. The van der Waals surface area contributed by atoms with Crippen LogP contribution in [0.25, 0.3) is 0 Å². The second-order valence-electron chi connectivity index (χ2n) is 3.63. The van der Waals surface area contributed by atoms with E-state index in [1.54, 1.807) is 21.7 Å². The fraction of sp³-hybridized carbons (Fsp3) is 0.600. The molecule has 0 aromatic carbocycles. The molecule has 1 amide bonds. The molecule has 0 aliphatic carbocycles. The lowest BCUT2D eigenvalue weighted by Gasteiger charge is -2.20. The van der Waals surface area contributed by atoms with Crippen LogP contribution in [0.4, 0.5) is 0 Å². The van der Waals surface area contributed by atoms with E-state index in [2.05, 4.69) is 10.3 Å². The second kappa shape index (κ2) is 9.65. The topological polar surface area (TPSA) is 45.2 Å². The summed E-state index contributed by atoms with van der Waals surface area (Å²) in [4.78, 5) is 17.7. The zero-order valence-corrected chi connectivity index (χ0v) is 12.6. The minimum absolute atomic E-state index is 0. The van der Waals surface area contributed by atoms with Crippen LogP contribution in [0.5, 0.6) is 0 Å². The van der Waals surface area contributed by atoms with Crippen LogP contribution in [0.2, 0.25) is 0 Å². The third-order valence-corrected chi connectivity index (χ3v) is 2.83. The molecule has 1 aromatic heterocycles. The maximum Gasteiger partial charge on any atom is 0.226 e. The van der Waals surface area contributed by atoms with Crippen molar-refractivity contribution >= 4 is 42.1 Å². The Labute approximate surface area is 119 Å². The van der Waals surface area contributed by atoms with Crippen molar-refractivity contribution in [2.24, 2.45) is 5.92 Å². The summed E-state index contributed by atoms with van der Waals surface area (Å²) in [6, 6.07) is 0. The first-order chi connectivity index (χ1) is 7.15. The van der Waals surface area contributed by atoms with E-state index in [0.717, 1.165) is 5.69 Å². The highest BCUT2D eigenvalue weighted by Gasteiger charge is 2.16. The molecular formula is C10H19Cl2N3OS. The molecule has 0 spiro atoms. The van der Waals surface area contributed by atoms with Crippen LogP contribution >= 0.6 is 36.2 Å². The van der Waals surface area contributed by atoms with Crippen molar-refractivity contribution in [1.82, 2.24) is 15.2 Å². The molecule has 1 atom stereocenters. The fourth-order valence-corrected chi connectivity index (χ4v) is 1.96. The van der Waals surface area contributed by atoms with Crippen molar-refractivity contribution in [2.45, 2.75) is 13.5 Å². The molecule has 100 valence electrons. The largest absolute Gasteiger partial charge is 0.340 e. The van der Waals surface area contributed by atoms with E-state index in [-0.39, 0.29) is 36.6 Å². The number of nitrogens with one attached hydrogen (secondary N) is 1. The minimum Gasteiger partial charge on any atom is -0.340 e. The normalized spacial score (nSPS) is 11.0. The monoisotopic (exact) mass is 299 g/mol. The number of amides is 1. The number of rotatable bonds is 5. The van der Waals surface area contributed by atoms with Gasteiger partial charge in [-0.3, -0.25) is 4.79 Å². The molecule has 1 N–H and O–H groups in total. The Balaban J connectivity index is 0. The molecule has 0 bridgehead atoms. The number of carbonyl (C=O) groups excluding carboxylic acids is 1. The van der Waals surface area contributed by atoms with Crippen LogP contribution in [0.15, 0.2) is 10.9 Å². The molecule has 1 unspecified atom stereocenters. The summed E-state index contributed by atoms with van der Waals surface area (Å²) < 4.78 is 0. The lowest BCUT2D eigenvalue weighted by Crippen LogP contribution is -2.35. The molecule has 7 heteroatoms. The predicted octanol–water partition coefficient (Wildman–Crippen LogP) is 1.80. The SMILES string of the molecule is CNCC(C)C(=O)N(C)Cc1cscn1.Cl.Cl. The van der Waals surface area contributed by atoms with E-state index >= 15 is 0 Å². The molecule has 0 aliphatic heterocycles. The van der Waals surface area contributed by atoms with Crippen molar-refractivity contribution in [3.63, 3.8) is 0 Å². The summed E-state index contributed by atoms with van der Waals surface area (Å²) in [5, 5.41) is 4.97. The molecule has 17 heavy (non-hydrogen) atoms. The van der Waals surface area contributed by atoms with Gasteiger partial charge in [0.1, 0.15) is 0 Å². The first-order valence-electron chi connectivity index (χ1n) is 4.91. The molecule has 1 rings (SSSR count). The van der Waals surface area contributed by atoms with Crippen molar-refractivity contribution in [1.29, 1.82) is 0 Å². The highest BCUT2D eigenvalue weighted by molar-refractivity contribution is 7.07. The lowest BCUT2D eigenvalue weighted by molar-refractivity contribution is -0.134. The standard InChI is InChI=1S/C10H17N3OS.2ClH/c1-8(4-11-2)10(14)13(3)5-9-6-15-7-12-9;;/h6-8,11H,4-5H2,1-3H3;2*1H. The minimum atomic E-state index is 0. The van der Waals surface area contributed by atoms with Gasteiger partial charge >= 0.3 is 0 Å². The number of carbonyl (C=O) groups is 1. The summed E-state index contributed by atoms with van der Waals surface area (Å²) in [5.41, 5.74) is 2.73. The van der Waals surface area contributed by atoms with Gasteiger partial charge < -0.3 is 10.2 Å². The van der Waals surface area contributed by atoms with Crippen LogP contribution in [0, 0.1) is 5.92 Å². The number of nitrogens with zero attached hydrogens (tertiary/aromatic N) is 2. The van der Waals surface area contributed by atoms with E-state index in [4.69, 9.17) is 0 Å². The molecule has 1 aromatic rings. The van der Waals surface area contributed by atoms with Crippen LogP contribution in [0.1, 0.15) is 12.6 Å². The van der Waals surface area contributed by atoms with Gasteiger partial charge in [-0.1, -0.05) is 6.92 Å². The fourth-order valence-electron chi connectivity index (χ4n) is 1.41. The molecule has 0 saturated carbocycles. The van der Waals surface area contributed by atoms with E-state index in [9.17, 15) is 4.79 Å². The summed E-state index contributed by atoms with van der Waals surface area (Å²) in [6.45, 7) is 3.23. The third-order valence-electron chi connectivity index (χ3n) is 2.19. The number of halogens is 2. The predicted molar refractivity (Wildman–Crippen MR) is 76.2 cm³/mol. The highest BCUT2D eigenvalue weighted by atomic mass is 35.5. The van der Waals surface area contributed by atoms with Gasteiger partial charge in [0.05, 0.1) is 17.7 Å². The van der Waals surface area contributed by atoms with E-state index in [1.165, 1.54) is 0 Å². The Morgan fingerprint density at radius 1 is 1.59 bits per heavy atom. The van der Waals surface area contributed by atoms with Gasteiger partial charge in [-0.15, -0.1) is 36.2 Å². The van der Waals surface area contributed by atoms with Crippen LogP contribution in [0.3, 0.4) is 0 Å². The van der Waals surface area contributed by atoms with Gasteiger partial charge in [0.25, 0.3) is 0 Å². The molecule has 1 heterocycles. The highest BCUT2D eigenvalue weighted by Crippen LogP contribution is 2.07. The number of hydrogen-bond donors (Lipinski definition) is 1. The van der Waals surface area contributed by atoms with Crippen molar-refractivity contribution < 1.29 is 4.79 Å². The lowest BCUT2D eigenvalue weighted by atomic mass is 10.1. The van der Waals surface area contributed by atoms with Gasteiger partial charge in [0.2, 0.25) is 5.91 Å². The molecule has 0 aliphatic rings. The average molecular weight is 300 g/mol. The van der Waals surface area contributed by atoms with Gasteiger partial charge in [-0.2, -0.15) is 0 Å². The zero-order valence-electron chi connectivity index (χ0n) is 10.2. The van der Waals surface area contributed by atoms with Crippen LogP contribution in [-0.4, -0.2) is 36.4 Å². The van der Waals surface area contributed by atoms with Crippen molar-refractivity contribution in [2.75, 3.05) is 20.6 Å². The van der Waals surface area contributed by atoms with Gasteiger partial charge in [0.15, 0.2) is 0 Å². The number of thiazole rings is 1. The molecule has 0 radical (unpaired) electrons. The number of hydrogen-bond acceptors (Lipinski definition) is 4. The second-order valence-corrected chi connectivity index (χ2v) is 4.35. The molecule has 0 fully saturated rings. The van der Waals surface area contributed by atoms with Crippen LogP contribution < -0.4 is 5.32 Å². The summed E-state index contributed by atoms with van der Waals surface area (Å²) in [7, 11) is 3.66. The Hall–Kier alpha value is -0.360.